The number of nitrogens with zero attached hydrogens (tertiary/aromatic N) is 3. The van der Waals surface area contributed by atoms with Crippen LogP contribution in [0.3, 0.4) is 0 Å². The molecule has 2 aromatic rings. The van der Waals surface area contributed by atoms with Crippen LogP contribution < -0.4 is 15.5 Å². The van der Waals surface area contributed by atoms with Crippen LogP contribution in [0.25, 0.3) is 0 Å². The smallest absolute Gasteiger partial charge is 0.151 e. The number of aromatic nitrogens is 1. The Kier molecular flexibility index (Phi) is 3.88. The van der Waals surface area contributed by atoms with Crippen LogP contribution in [0.4, 0.5) is 17.2 Å². The van der Waals surface area contributed by atoms with E-state index in [2.05, 4.69) is 20.9 Å². The molecule has 0 unspecified atom stereocenters. The first kappa shape index (κ1) is 14.0. The molecule has 1 saturated heterocycles. The van der Waals surface area contributed by atoms with Gasteiger partial charge in [-0.25, -0.2) is 4.98 Å². The maximum Gasteiger partial charge on any atom is 0.151 e. The van der Waals surface area contributed by atoms with Gasteiger partial charge in [-0.05, 0) is 36.8 Å². The van der Waals surface area contributed by atoms with Gasteiger partial charge in [0.05, 0.1) is 5.69 Å². The number of pyridine rings is 1. The van der Waals surface area contributed by atoms with Gasteiger partial charge in [0.25, 0.3) is 0 Å². The third-order valence-corrected chi connectivity index (χ3v) is 4.02. The summed E-state index contributed by atoms with van der Waals surface area (Å²) in [6.45, 7) is 5.70. The van der Waals surface area contributed by atoms with Gasteiger partial charge in [0.1, 0.15) is 0 Å². The molecular weight excluding hydrogens is 284 g/mol. The molecule has 110 valence electrons. The normalized spacial score (nSPS) is 15.3. The topological polar surface area (TPSA) is 45.4 Å². The fraction of sp³-hybridized carbons (Fsp3) is 0.312. The zero-order valence-corrected chi connectivity index (χ0v) is 12.8. The summed E-state index contributed by atoms with van der Waals surface area (Å²) in [6, 6.07) is 9.98. The molecule has 0 spiro atoms. The van der Waals surface area contributed by atoms with Gasteiger partial charge in [0.2, 0.25) is 0 Å². The molecule has 4 nitrogen and oxygen atoms in total. The van der Waals surface area contributed by atoms with Gasteiger partial charge in [-0.15, -0.1) is 0 Å². The fourth-order valence-corrected chi connectivity index (χ4v) is 2.88. The number of aryl methyl sites for hydroxylation is 1. The second-order valence-corrected chi connectivity index (χ2v) is 5.82. The first-order chi connectivity index (χ1) is 10.1. The Labute approximate surface area is 130 Å². The highest BCUT2D eigenvalue weighted by molar-refractivity contribution is 6.30. The van der Waals surface area contributed by atoms with E-state index < -0.39 is 0 Å². The summed E-state index contributed by atoms with van der Waals surface area (Å²) in [4.78, 5) is 9.06. The van der Waals surface area contributed by atoms with Crippen LogP contribution in [0, 0.1) is 6.92 Å². The van der Waals surface area contributed by atoms with Gasteiger partial charge in [-0.3, -0.25) is 0 Å². The molecular formula is C16H19ClN4. The molecule has 0 aliphatic carbocycles. The van der Waals surface area contributed by atoms with Crippen LogP contribution >= 0.6 is 11.6 Å². The SMILES string of the molecule is Cc1cnc(N2CCN(c3cccc(Cl)c3)CC2)c(N)c1. The number of halogens is 1. The Morgan fingerprint density at radius 3 is 2.48 bits per heavy atom. The number of nitrogen functional groups attached to an aromatic ring is 1. The molecule has 1 aromatic heterocycles. The lowest BCUT2D eigenvalue weighted by molar-refractivity contribution is 0.648. The van der Waals surface area contributed by atoms with E-state index in [1.54, 1.807) is 0 Å². The highest BCUT2D eigenvalue weighted by Gasteiger charge is 2.20. The van der Waals surface area contributed by atoms with E-state index >= 15 is 0 Å². The van der Waals surface area contributed by atoms with E-state index in [0.29, 0.717) is 0 Å². The lowest BCUT2D eigenvalue weighted by Gasteiger charge is -2.37. The second kappa shape index (κ2) is 5.82. The van der Waals surface area contributed by atoms with Crippen LogP contribution in [0.15, 0.2) is 36.5 Å². The molecule has 1 aromatic carbocycles. The van der Waals surface area contributed by atoms with Gasteiger partial charge in [-0.2, -0.15) is 0 Å². The number of nitrogens with two attached hydrogens (primary N) is 1. The van der Waals surface area contributed by atoms with Crippen molar-refractivity contribution >= 4 is 28.8 Å². The molecule has 3 rings (SSSR count). The first-order valence-corrected chi connectivity index (χ1v) is 7.49. The number of hydrogen-bond donors (Lipinski definition) is 1. The summed E-state index contributed by atoms with van der Waals surface area (Å²) in [7, 11) is 0. The Bertz CT molecular complexity index is 636. The third kappa shape index (κ3) is 3.05. The summed E-state index contributed by atoms with van der Waals surface area (Å²) in [5, 5.41) is 0.777. The van der Waals surface area contributed by atoms with E-state index in [4.69, 9.17) is 17.3 Å². The molecule has 2 heterocycles. The molecule has 0 atom stereocenters. The molecule has 0 saturated carbocycles. The van der Waals surface area contributed by atoms with Crippen LogP contribution in [0.1, 0.15) is 5.56 Å². The zero-order valence-electron chi connectivity index (χ0n) is 12.1. The Morgan fingerprint density at radius 2 is 1.81 bits per heavy atom. The van der Waals surface area contributed by atoms with Crippen LogP contribution in [0.5, 0.6) is 0 Å². The van der Waals surface area contributed by atoms with E-state index in [1.807, 2.05) is 37.4 Å². The van der Waals surface area contributed by atoms with Crippen molar-refractivity contribution in [3.8, 4) is 0 Å². The van der Waals surface area contributed by atoms with Gasteiger partial charge in [-0.1, -0.05) is 17.7 Å². The highest BCUT2D eigenvalue weighted by atomic mass is 35.5. The van der Waals surface area contributed by atoms with E-state index in [9.17, 15) is 0 Å². The molecule has 21 heavy (non-hydrogen) atoms. The van der Waals surface area contributed by atoms with Crippen molar-refractivity contribution in [1.29, 1.82) is 0 Å². The highest BCUT2D eigenvalue weighted by Crippen LogP contribution is 2.25. The van der Waals surface area contributed by atoms with Crippen LogP contribution in [0.2, 0.25) is 5.02 Å². The van der Waals surface area contributed by atoms with Gasteiger partial charge >= 0.3 is 0 Å². The van der Waals surface area contributed by atoms with Gasteiger partial charge < -0.3 is 15.5 Å². The minimum atomic E-state index is 0.756. The Balaban J connectivity index is 1.70. The first-order valence-electron chi connectivity index (χ1n) is 7.11. The number of hydrogen-bond acceptors (Lipinski definition) is 4. The zero-order chi connectivity index (χ0) is 14.8. The average Bonchev–Trinajstić information content (AvgIpc) is 2.47. The minimum Gasteiger partial charge on any atom is -0.396 e. The predicted octanol–water partition coefficient (Wildman–Crippen LogP) is 2.95. The molecule has 1 aliphatic heterocycles. The monoisotopic (exact) mass is 302 g/mol. The van der Waals surface area contributed by atoms with Crippen LogP contribution in [-0.2, 0) is 0 Å². The average molecular weight is 303 g/mol. The number of rotatable bonds is 2. The van der Waals surface area contributed by atoms with Crippen LogP contribution in [-0.4, -0.2) is 31.2 Å². The fourth-order valence-electron chi connectivity index (χ4n) is 2.70. The summed E-state index contributed by atoms with van der Waals surface area (Å²) < 4.78 is 0. The quantitative estimate of drug-likeness (QED) is 0.926. The Morgan fingerprint density at radius 1 is 1.10 bits per heavy atom. The molecule has 1 fully saturated rings. The number of benzene rings is 1. The largest absolute Gasteiger partial charge is 0.396 e. The lowest BCUT2D eigenvalue weighted by Crippen LogP contribution is -2.47. The summed E-state index contributed by atoms with van der Waals surface area (Å²) in [5.74, 6) is 0.895. The molecule has 0 radical (unpaired) electrons. The summed E-state index contributed by atoms with van der Waals surface area (Å²) in [5.41, 5.74) is 9.10. The summed E-state index contributed by atoms with van der Waals surface area (Å²) >= 11 is 6.06. The molecule has 0 amide bonds. The van der Waals surface area contributed by atoms with E-state index in [1.165, 1.54) is 5.69 Å². The minimum absolute atomic E-state index is 0.756. The van der Waals surface area contributed by atoms with Crippen molar-refractivity contribution < 1.29 is 0 Å². The molecule has 2 N–H and O–H groups in total. The van der Waals surface area contributed by atoms with Crippen molar-refractivity contribution in [3.05, 3.63) is 47.1 Å². The maximum absolute atomic E-state index is 6.08. The summed E-state index contributed by atoms with van der Waals surface area (Å²) in [6.07, 6.45) is 1.87. The van der Waals surface area contributed by atoms with Gasteiger partial charge in [0, 0.05) is 43.1 Å². The molecule has 1 aliphatic rings. The van der Waals surface area contributed by atoms with Crippen molar-refractivity contribution in [2.24, 2.45) is 0 Å². The van der Waals surface area contributed by atoms with Gasteiger partial charge in [0.15, 0.2) is 5.82 Å². The lowest BCUT2D eigenvalue weighted by atomic mass is 10.2. The number of piperazine rings is 1. The Hall–Kier alpha value is -1.94. The van der Waals surface area contributed by atoms with Crippen molar-refractivity contribution in [2.45, 2.75) is 6.92 Å². The van der Waals surface area contributed by atoms with E-state index in [-0.39, 0.29) is 0 Å². The van der Waals surface area contributed by atoms with Crippen molar-refractivity contribution in [2.75, 3.05) is 41.7 Å². The standard InChI is InChI=1S/C16H19ClN4/c1-12-9-15(18)16(19-11-12)21-7-5-20(6-8-21)14-4-2-3-13(17)10-14/h2-4,9-11H,5-8,18H2,1H3. The predicted molar refractivity (Wildman–Crippen MR) is 89.3 cm³/mol. The third-order valence-electron chi connectivity index (χ3n) is 3.78. The number of anilines is 3. The van der Waals surface area contributed by atoms with E-state index in [0.717, 1.165) is 48.3 Å². The van der Waals surface area contributed by atoms with Crippen molar-refractivity contribution in [3.63, 3.8) is 0 Å². The second-order valence-electron chi connectivity index (χ2n) is 5.38. The van der Waals surface area contributed by atoms with Crippen molar-refractivity contribution in [1.82, 2.24) is 4.98 Å². The molecule has 5 heteroatoms. The maximum atomic E-state index is 6.08. The molecule has 0 bridgehead atoms.